The van der Waals surface area contributed by atoms with Crippen LogP contribution < -0.4 is 5.32 Å². The summed E-state index contributed by atoms with van der Waals surface area (Å²) in [6, 6.07) is 17.9. The maximum absolute atomic E-state index is 13.1. The Labute approximate surface area is 146 Å². The Kier molecular flexibility index (Phi) is 5.23. The molecule has 1 amide bonds. The Hall–Kier alpha value is -2.95. The lowest BCUT2D eigenvalue weighted by atomic mass is 10.1. The molecule has 0 saturated heterocycles. The highest BCUT2D eigenvalue weighted by molar-refractivity contribution is 5.90. The van der Waals surface area contributed by atoms with Crippen molar-refractivity contribution in [3.8, 4) is 5.69 Å². The first-order valence-electron chi connectivity index (χ1n) is 8.28. The minimum atomic E-state index is -0.306. The fourth-order valence-electron chi connectivity index (χ4n) is 2.67. The van der Waals surface area contributed by atoms with Gasteiger partial charge in [0.15, 0.2) is 0 Å². The molecule has 0 unspecified atom stereocenters. The summed E-state index contributed by atoms with van der Waals surface area (Å²) in [6.45, 7) is 1.85. The van der Waals surface area contributed by atoms with Crippen LogP contribution in [0.5, 0.6) is 0 Å². The molecule has 0 aliphatic carbocycles. The lowest BCUT2D eigenvalue weighted by Gasteiger charge is -2.09. The molecule has 4 nitrogen and oxygen atoms in total. The number of benzene rings is 2. The van der Waals surface area contributed by atoms with E-state index >= 15 is 0 Å². The Balaban J connectivity index is 1.62. The third-order valence-corrected chi connectivity index (χ3v) is 3.88. The molecule has 1 heterocycles. The van der Waals surface area contributed by atoms with Crippen molar-refractivity contribution >= 4 is 11.7 Å². The van der Waals surface area contributed by atoms with Gasteiger partial charge in [-0.05, 0) is 49.6 Å². The van der Waals surface area contributed by atoms with Gasteiger partial charge < -0.3 is 5.32 Å². The number of anilines is 1. The molecule has 0 fully saturated rings. The highest BCUT2D eigenvalue weighted by atomic mass is 19.1. The number of nitrogens with one attached hydrogen (secondary N) is 1. The second-order valence-electron chi connectivity index (χ2n) is 5.95. The van der Waals surface area contributed by atoms with E-state index in [1.165, 1.54) is 17.7 Å². The number of nitrogens with zero attached hydrogens (tertiary/aromatic N) is 2. The van der Waals surface area contributed by atoms with Gasteiger partial charge in [-0.2, -0.15) is 5.10 Å². The molecule has 0 atom stereocenters. The minimum Gasteiger partial charge on any atom is -0.311 e. The highest BCUT2D eigenvalue weighted by Crippen LogP contribution is 2.18. The zero-order chi connectivity index (χ0) is 17.6. The van der Waals surface area contributed by atoms with Crippen LogP contribution in [0, 0.1) is 12.7 Å². The van der Waals surface area contributed by atoms with Gasteiger partial charge in [-0.1, -0.05) is 30.3 Å². The van der Waals surface area contributed by atoms with Crippen molar-refractivity contribution in [2.24, 2.45) is 0 Å². The van der Waals surface area contributed by atoms with E-state index in [1.807, 2.05) is 25.1 Å². The summed E-state index contributed by atoms with van der Waals surface area (Å²) < 4.78 is 14.7. The smallest absolute Gasteiger partial charge is 0.225 e. The van der Waals surface area contributed by atoms with Crippen molar-refractivity contribution in [3.63, 3.8) is 0 Å². The molecule has 1 N–H and O–H groups in total. The quantitative estimate of drug-likeness (QED) is 0.730. The first-order chi connectivity index (χ1) is 12.1. The number of halogens is 1. The first-order valence-corrected chi connectivity index (χ1v) is 8.28. The topological polar surface area (TPSA) is 46.9 Å². The van der Waals surface area contributed by atoms with Gasteiger partial charge in [-0.3, -0.25) is 4.79 Å². The molecule has 3 rings (SSSR count). The van der Waals surface area contributed by atoms with Crippen molar-refractivity contribution in [2.45, 2.75) is 26.2 Å². The molecule has 0 aliphatic heterocycles. The summed E-state index contributed by atoms with van der Waals surface area (Å²) in [5, 5.41) is 7.27. The maximum Gasteiger partial charge on any atom is 0.225 e. The van der Waals surface area contributed by atoms with Gasteiger partial charge in [-0.15, -0.1) is 0 Å². The minimum absolute atomic E-state index is 0.0563. The summed E-state index contributed by atoms with van der Waals surface area (Å²) in [6.07, 6.45) is 2.08. The molecular formula is C20H20FN3O. The molecule has 0 spiro atoms. The van der Waals surface area contributed by atoms with Gasteiger partial charge in [0.25, 0.3) is 0 Å². The molecule has 2 aromatic carbocycles. The predicted molar refractivity (Wildman–Crippen MR) is 96.3 cm³/mol. The third-order valence-electron chi connectivity index (χ3n) is 3.88. The van der Waals surface area contributed by atoms with Crippen LogP contribution in [0.25, 0.3) is 5.69 Å². The number of carbonyl (C=O) groups is 1. The van der Waals surface area contributed by atoms with Crippen LogP contribution in [0.2, 0.25) is 0 Å². The Morgan fingerprint density at radius 2 is 1.84 bits per heavy atom. The Bertz CT molecular complexity index is 841. The van der Waals surface area contributed by atoms with Crippen LogP contribution in [0.4, 0.5) is 10.2 Å². The lowest BCUT2D eigenvalue weighted by Crippen LogP contribution is -2.15. The van der Waals surface area contributed by atoms with Crippen LogP contribution >= 0.6 is 0 Å². The van der Waals surface area contributed by atoms with E-state index in [1.54, 1.807) is 22.9 Å². The van der Waals surface area contributed by atoms with Gasteiger partial charge in [0, 0.05) is 12.5 Å². The van der Waals surface area contributed by atoms with E-state index in [2.05, 4.69) is 22.5 Å². The molecule has 0 bridgehead atoms. The SMILES string of the molecule is Cc1cc(NC(=O)CCCc2ccccc2)n(-c2ccc(F)cc2)n1. The van der Waals surface area contributed by atoms with Gasteiger partial charge in [0.05, 0.1) is 11.4 Å². The molecule has 0 radical (unpaired) electrons. The Morgan fingerprint density at radius 1 is 1.12 bits per heavy atom. The summed E-state index contributed by atoms with van der Waals surface area (Å²) in [4.78, 5) is 12.2. The standard InChI is InChI=1S/C20H20FN3O/c1-15-14-19(24(23-15)18-12-10-17(21)11-13-18)22-20(25)9-5-8-16-6-3-2-4-7-16/h2-4,6-7,10-14H,5,8-9H2,1H3,(H,22,25). The van der Waals surface area contributed by atoms with Crippen molar-refractivity contribution < 1.29 is 9.18 Å². The number of aryl methyl sites for hydroxylation is 2. The fourth-order valence-corrected chi connectivity index (χ4v) is 2.67. The van der Waals surface area contributed by atoms with Gasteiger partial charge >= 0.3 is 0 Å². The van der Waals surface area contributed by atoms with Crippen LogP contribution in [-0.2, 0) is 11.2 Å². The molecule has 3 aromatic rings. The summed E-state index contributed by atoms with van der Waals surface area (Å²) in [5.41, 5.74) is 2.71. The molecule has 128 valence electrons. The predicted octanol–water partition coefficient (Wildman–Crippen LogP) is 4.28. The monoisotopic (exact) mass is 337 g/mol. The molecule has 1 aromatic heterocycles. The van der Waals surface area contributed by atoms with Gasteiger partial charge in [0.2, 0.25) is 5.91 Å². The van der Waals surface area contributed by atoms with Crippen LogP contribution in [0.1, 0.15) is 24.1 Å². The zero-order valence-electron chi connectivity index (χ0n) is 14.1. The molecule has 25 heavy (non-hydrogen) atoms. The second-order valence-corrected chi connectivity index (χ2v) is 5.95. The second kappa shape index (κ2) is 7.75. The fraction of sp³-hybridized carbons (Fsp3) is 0.200. The molecule has 0 saturated carbocycles. The number of amides is 1. The zero-order valence-corrected chi connectivity index (χ0v) is 14.1. The maximum atomic E-state index is 13.1. The number of hydrogen-bond donors (Lipinski definition) is 1. The van der Waals surface area contributed by atoms with E-state index in [4.69, 9.17) is 0 Å². The highest BCUT2D eigenvalue weighted by Gasteiger charge is 2.11. The van der Waals surface area contributed by atoms with Crippen molar-refractivity contribution in [2.75, 3.05) is 5.32 Å². The van der Waals surface area contributed by atoms with Crippen LogP contribution in [-0.4, -0.2) is 15.7 Å². The van der Waals surface area contributed by atoms with Crippen LogP contribution in [0.3, 0.4) is 0 Å². The average molecular weight is 337 g/mol. The van der Waals surface area contributed by atoms with E-state index in [9.17, 15) is 9.18 Å². The van der Waals surface area contributed by atoms with E-state index < -0.39 is 0 Å². The number of aromatic nitrogens is 2. The van der Waals surface area contributed by atoms with Gasteiger partial charge in [-0.25, -0.2) is 9.07 Å². The summed E-state index contributed by atoms with van der Waals surface area (Å²) in [7, 11) is 0. The molecule has 5 heteroatoms. The largest absolute Gasteiger partial charge is 0.311 e. The van der Waals surface area contributed by atoms with Crippen molar-refractivity contribution in [1.29, 1.82) is 0 Å². The lowest BCUT2D eigenvalue weighted by molar-refractivity contribution is -0.116. The van der Waals surface area contributed by atoms with E-state index in [-0.39, 0.29) is 11.7 Å². The summed E-state index contributed by atoms with van der Waals surface area (Å²) >= 11 is 0. The molecule has 0 aliphatic rings. The summed E-state index contributed by atoms with van der Waals surface area (Å²) in [5.74, 6) is 0.229. The Morgan fingerprint density at radius 3 is 2.56 bits per heavy atom. The number of carbonyl (C=O) groups excluding carboxylic acids is 1. The van der Waals surface area contributed by atoms with E-state index in [0.717, 1.165) is 18.5 Å². The van der Waals surface area contributed by atoms with Gasteiger partial charge in [0.1, 0.15) is 11.6 Å². The molecular weight excluding hydrogens is 317 g/mol. The van der Waals surface area contributed by atoms with Crippen molar-refractivity contribution in [1.82, 2.24) is 9.78 Å². The first kappa shape index (κ1) is 16.9. The van der Waals surface area contributed by atoms with Crippen molar-refractivity contribution in [3.05, 3.63) is 77.7 Å². The normalized spacial score (nSPS) is 10.6. The third kappa shape index (κ3) is 4.53. The van der Waals surface area contributed by atoms with E-state index in [0.29, 0.717) is 17.9 Å². The number of hydrogen-bond acceptors (Lipinski definition) is 2. The number of rotatable bonds is 6. The average Bonchev–Trinajstić information content (AvgIpc) is 2.97. The van der Waals surface area contributed by atoms with Crippen LogP contribution in [0.15, 0.2) is 60.7 Å².